The largest absolute Gasteiger partial charge is 0.497 e. The summed E-state index contributed by atoms with van der Waals surface area (Å²) in [5.41, 5.74) is 2.01. The van der Waals surface area contributed by atoms with Crippen LogP contribution >= 0.6 is 11.8 Å². The summed E-state index contributed by atoms with van der Waals surface area (Å²) in [7, 11) is 1.68. The zero-order valence-corrected chi connectivity index (χ0v) is 16.9. The van der Waals surface area contributed by atoms with Crippen LogP contribution in [0.3, 0.4) is 0 Å². The second-order valence-corrected chi connectivity index (χ2v) is 7.87. The van der Waals surface area contributed by atoms with Gasteiger partial charge < -0.3 is 9.64 Å². The molecular weight excluding hydrogens is 358 g/mol. The van der Waals surface area contributed by atoms with Crippen LogP contribution in [0.1, 0.15) is 29.3 Å². The molecule has 6 heteroatoms. The van der Waals surface area contributed by atoms with E-state index in [9.17, 15) is 4.79 Å². The first-order chi connectivity index (χ1) is 13.2. The van der Waals surface area contributed by atoms with E-state index in [1.54, 1.807) is 25.1 Å². The first-order valence-electron chi connectivity index (χ1n) is 9.43. The standard InChI is InChI=1S/C21H27N3O2S/c1-3-27-20-15-18(9-10-22-20)21(25)24-12-4-11-23(13-14-24)16-17-5-7-19(26-2)8-6-17/h5-10,15H,3-4,11-14,16H2,1-2H3. The van der Waals surface area contributed by atoms with E-state index >= 15 is 0 Å². The lowest BCUT2D eigenvalue weighted by Crippen LogP contribution is -2.35. The van der Waals surface area contributed by atoms with Crippen LogP contribution in [-0.2, 0) is 6.54 Å². The molecular formula is C21H27N3O2S. The van der Waals surface area contributed by atoms with Crippen molar-refractivity contribution in [3.05, 3.63) is 53.7 Å². The van der Waals surface area contributed by atoms with Crippen molar-refractivity contribution in [2.24, 2.45) is 0 Å². The fourth-order valence-corrected chi connectivity index (χ4v) is 3.91. The van der Waals surface area contributed by atoms with Gasteiger partial charge in [-0.2, -0.15) is 0 Å². The van der Waals surface area contributed by atoms with Gasteiger partial charge in [-0.3, -0.25) is 9.69 Å². The van der Waals surface area contributed by atoms with Crippen LogP contribution in [0.2, 0.25) is 0 Å². The van der Waals surface area contributed by atoms with Crippen molar-refractivity contribution in [2.75, 3.05) is 39.0 Å². The number of thioether (sulfide) groups is 1. The Bertz CT molecular complexity index is 751. The second-order valence-electron chi connectivity index (χ2n) is 6.59. The van der Waals surface area contributed by atoms with Gasteiger partial charge in [-0.15, -0.1) is 11.8 Å². The Hall–Kier alpha value is -2.05. The fourth-order valence-electron chi connectivity index (χ4n) is 3.27. The van der Waals surface area contributed by atoms with Crippen LogP contribution in [0.15, 0.2) is 47.6 Å². The van der Waals surface area contributed by atoms with E-state index in [1.165, 1.54) is 5.56 Å². The average Bonchev–Trinajstić information content (AvgIpc) is 2.94. The zero-order valence-electron chi connectivity index (χ0n) is 16.1. The maximum Gasteiger partial charge on any atom is 0.254 e. The number of nitrogens with zero attached hydrogens (tertiary/aromatic N) is 3. The molecule has 0 unspecified atom stereocenters. The Morgan fingerprint density at radius 3 is 2.70 bits per heavy atom. The Kier molecular flexibility index (Phi) is 7.12. The molecule has 0 saturated carbocycles. The SMILES string of the molecule is CCSc1cc(C(=O)N2CCCN(Cc3ccc(OC)cc3)CC2)ccn1. The molecule has 0 spiro atoms. The third kappa shape index (κ3) is 5.47. The summed E-state index contributed by atoms with van der Waals surface area (Å²) in [4.78, 5) is 21.6. The van der Waals surface area contributed by atoms with E-state index < -0.39 is 0 Å². The number of rotatable bonds is 6. The minimum atomic E-state index is 0.113. The predicted molar refractivity (Wildman–Crippen MR) is 109 cm³/mol. The number of methoxy groups -OCH3 is 1. The molecule has 2 heterocycles. The molecule has 0 bridgehead atoms. The molecule has 5 nitrogen and oxygen atoms in total. The first kappa shape index (κ1) is 19.7. The Balaban J connectivity index is 1.58. The van der Waals surface area contributed by atoms with Crippen LogP contribution in [0.5, 0.6) is 5.75 Å². The van der Waals surface area contributed by atoms with Crippen molar-refractivity contribution < 1.29 is 9.53 Å². The van der Waals surface area contributed by atoms with E-state index in [2.05, 4.69) is 28.9 Å². The molecule has 0 aliphatic carbocycles. The van der Waals surface area contributed by atoms with E-state index in [0.29, 0.717) is 0 Å². The Labute approximate surface area is 165 Å². The van der Waals surface area contributed by atoms with Crippen molar-refractivity contribution in [2.45, 2.75) is 24.9 Å². The topological polar surface area (TPSA) is 45.7 Å². The molecule has 1 aliphatic rings. The van der Waals surface area contributed by atoms with Gasteiger partial charge in [-0.05, 0) is 42.0 Å². The highest BCUT2D eigenvalue weighted by Crippen LogP contribution is 2.18. The van der Waals surface area contributed by atoms with Crippen molar-refractivity contribution in [3.8, 4) is 5.75 Å². The van der Waals surface area contributed by atoms with E-state index in [-0.39, 0.29) is 5.91 Å². The van der Waals surface area contributed by atoms with Gasteiger partial charge in [0.1, 0.15) is 5.75 Å². The van der Waals surface area contributed by atoms with Crippen molar-refractivity contribution in [3.63, 3.8) is 0 Å². The minimum absolute atomic E-state index is 0.113. The number of benzene rings is 1. The van der Waals surface area contributed by atoms with Gasteiger partial charge in [0, 0.05) is 44.5 Å². The second kappa shape index (κ2) is 9.76. The highest BCUT2D eigenvalue weighted by Gasteiger charge is 2.20. The van der Waals surface area contributed by atoms with Crippen LogP contribution in [0, 0.1) is 0 Å². The monoisotopic (exact) mass is 385 g/mol. The lowest BCUT2D eigenvalue weighted by atomic mass is 10.2. The summed E-state index contributed by atoms with van der Waals surface area (Å²) >= 11 is 1.66. The summed E-state index contributed by atoms with van der Waals surface area (Å²) in [5, 5.41) is 0.916. The number of pyridine rings is 1. The summed E-state index contributed by atoms with van der Waals surface area (Å²) in [6.45, 7) is 6.44. The molecule has 0 radical (unpaired) electrons. The number of hydrogen-bond acceptors (Lipinski definition) is 5. The average molecular weight is 386 g/mol. The van der Waals surface area contributed by atoms with Crippen LogP contribution in [-0.4, -0.2) is 59.7 Å². The quantitative estimate of drug-likeness (QED) is 0.712. The number of carbonyl (C=O) groups is 1. The number of amides is 1. The van der Waals surface area contributed by atoms with Gasteiger partial charge in [-0.1, -0.05) is 19.1 Å². The van der Waals surface area contributed by atoms with Gasteiger partial charge in [0.25, 0.3) is 5.91 Å². The highest BCUT2D eigenvalue weighted by molar-refractivity contribution is 7.99. The van der Waals surface area contributed by atoms with Crippen LogP contribution < -0.4 is 4.74 Å². The zero-order chi connectivity index (χ0) is 19.1. The first-order valence-corrected chi connectivity index (χ1v) is 10.4. The van der Waals surface area contributed by atoms with E-state index in [1.807, 2.05) is 29.2 Å². The molecule has 1 saturated heterocycles. The number of carbonyl (C=O) groups excluding carboxylic acids is 1. The molecule has 1 amide bonds. The van der Waals surface area contributed by atoms with Crippen LogP contribution in [0.25, 0.3) is 0 Å². The maximum absolute atomic E-state index is 12.9. The number of hydrogen-bond donors (Lipinski definition) is 0. The molecule has 1 aliphatic heterocycles. The van der Waals surface area contributed by atoms with Crippen molar-refractivity contribution >= 4 is 17.7 Å². The van der Waals surface area contributed by atoms with Crippen LogP contribution in [0.4, 0.5) is 0 Å². The summed E-state index contributed by atoms with van der Waals surface area (Å²) in [6.07, 6.45) is 2.72. The lowest BCUT2D eigenvalue weighted by Gasteiger charge is -2.22. The minimum Gasteiger partial charge on any atom is -0.497 e. The van der Waals surface area contributed by atoms with Crippen molar-refractivity contribution in [1.82, 2.24) is 14.8 Å². The molecule has 1 fully saturated rings. The predicted octanol–water partition coefficient (Wildman–Crippen LogP) is 3.55. The fraction of sp³-hybridized carbons (Fsp3) is 0.429. The van der Waals surface area contributed by atoms with Gasteiger partial charge in [0.05, 0.1) is 12.1 Å². The third-order valence-electron chi connectivity index (χ3n) is 4.71. The third-order valence-corrected chi connectivity index (χ3v) is 5.52. The molecule has 3 rings (SSSR count). The van der Waals surface area contributed by atoms with Crippen molar-refractivity contribution in [1.29, 1.82) is 0 Å². The van der Waals surface area contributed by atoms with E-state index in [0.717, 1.165) is 61.2 Å². The van der Waals surface area contributed by atoms with Gasteiger partial charge in [0.2, 0.25) is 0 Å². The summed E-state index contributed by atoms with van der Waals surface area (Å²) < 4.78 is 5.22. The van der Waals surface area contributed by atoms with Gasteiger partial charge >= 0.3 is 0 Å². The molecule has 0 atom stereocenters. The van der Waals surface area contributed by atoms with Gasteiger partial charge in [-0.25, -0.2) is 4.98 Å². The Morgan fingerprint density at radius 1 is 1.15 bits per heavy atom. The normalized spacial score (nSPS) is 15.4. The molecule has 144 valence electrons. The lowest BCUT2D eigenvalue weighted by molar-refractivity contribution is 0.0760. The molecule has 1 aromatic heterocycles. The number of ether oxygens (including phenoxy) is 1. The maximum atomic E-state index is 12.9. The number of aromatic nitrogens is 1. The highest BCUT2D eigenvalue weighted by atomic mass is 32.2. The van der Waals surface area contributed by atoms with E-state index in [4.69, 9.17) is 4.74 Å². The molecule has 2 aromatic rings. The molecule has 1 aromatic carbocycles. The molecule has 27 heavy (non-hydrogen) atoms. The Morgan fingerprint density at radius 2 is 1.96 bits per heavy atom. The summed E-state index contributed by atoms with van der Waals surface area (Å²) in [5.74, 6) is 1.94. The smallest absolute Gasteiger partial charge is 0.254 e. The molecule has 0 N–H and O–H groups in total. The summed E-state index contributed by atoms with van der Waals surface area (Å²) in [6, 6.07) is 11.9. The van der Waals surface area contributed by atoms with Gasteiger partial charge in [0.15, 0.2) is 0 Å².